The second-order valence-corrected chi connectivity index (χ2v) is 7.93. The van der Waals surface area contributed by atoms with Gasteiger partial charge in [0.2, 0.25) is 5.91 Å². The third-order valence-electron chi connectivity index (χ3n) is 5.95. The first-order chi connectivity index (χ1) is 14.7. The molecule has 160 valence electrons. The van der Waals surface area contributed by atoms with E-state index in [1.165, 1.54) is 6.26 Å². The average molecular weight is 412 g/mol. The maximum Gasteiger partial charge on any atom is 0.289 e. The minimum Gasteiger partial charge on any atom is -0.459 e. The summed E-state index contributed by atoms with van der Waals surface area (Å²) in [6.07, 6.45) is 2.83. The van der Waals surface area contributed by atoms with Crippen LogP contribution in [-0.2, 0) is 9.53 Å². The topological polar surface area (TPSA) is 75.0 Å². The minimum atomic E-state index is -0.103. The summed E-state index contributed by atoms with van der Waals surface area (Å²) < 4.78 is 10.7. The standard InChI is InChI=1S/C23H29N3O4/c27-22(19-8-10-26(11-9-19)23(28)21-7-4-14-30-21)24-20(18-5-2-1-3-6-18)17-25-12-15-29-16-13-25/h1-7,14,19-20H,8-13,15-17H2,(H,24,27). The van der Waals surface area contributed by atoms with Gasteiger partial charge in [-0.25, -0.2) is 0 Å². The third-order valence-corrected chi connectivity index (χ3v) is 5.95. The molecule has 2 aliphatic heterocycles. The number of carbonyl (C=O) groups is 2. The molecule has 7 nitrogen and oxygen atoms in total. The molecule has 0 saturated carbocycles. The second-order valence-electron chi connectivity index (χ2n) is 7.93. The van der Waals surface area contributed by atoms with Crippen LogP contribution in [0.15, 0.2) is 53.1 Å². The molecule has 1 aromatic carbocycles. The first kappa shape index (κ1) is 20.6. The molecule has 7 heteroatoms. The van der Waals surface area contributed by atoms with Crippen LogP contribution >= 0.6 is 0 Å². The van der Waals surface area contributed by atoms with E-state index < -0.39 is 0 Å². The molecule has 1 N–H and O–H groups in total. The quantitative estimate of drug-likeness (QED) is 0.790. The van der Waals surface area contributed by atoms with E-state index in [0.29, 0.717) is 31.7 Å². The Bertz CT molecular complexity index is 810. The smallest absolute Gasteiger partial charge is 0.289 e. The average Bonchev–Trinajstić information content (AvgIpc) is 3.34. The molecule has 2 saturated heterocycles. The molecule has 2 aromatic rings. The number of hydrogen-bond acceptors (Lipinski definition) is 5. The maximum absolute atomic E-state index is 13.1. The van der Waals surface area contributed by atoms with Crippen molar-refractivity contribution >= 4 is 11.8 Å². The Morgan fingerprint density at radius 1 is 1.00 bits per heavy atom. The number of piperidine rings is 1. The summed E-state index contributed by atoms with van der Waals surface area (Å²) in [6, 6.07) is 13.5. The molecular weight excluding hydrogens is 382 g/mol. The number of morpholine rings is 1. The lowest BCUT2D eigenvalue weighted by Crippen LogP contribution is -2.46. The molecule has 3 heterocycles. The van der Waals surface area contributed by atoms with E-state index in [9.17, 15) is 9.59 Å². The molecule has 0 aliphatic carbocycles. The lowest BCUT2D eigenvalue weighted by atomic mass is 9.94. The normalized spacial score (nSPS) is 19.4. The summed E-state index contributed by atoms with van der Waals surface area (Å²) in [5, 5.41) is 3.28. The van der Waals surface area contributed by atoms with Crippen LogP contribution in [0, 0.1) is 5.92 Å². The number of rotatable bonds is 6. The van der Waals surface area contributed by atoms with E-state index in [0.717, 1.165) is 38.4 Å². The fourth-order valence-corrected chi connectivity index (χ4v) is 4.15. The predicted molar refractivity (Wildman–Crippen MR) is 112 cm³/mol. The van der Waals surface area contributed by atoms with Gasteiger partial charge in [0.1, 0.15) is 0 Å². The summed E-state index contributed by atoms with van der Waals surface area (Å²) in [7, 11) is 0. The van der Waals surface area contributed by atoms with Crippen LogP contribution in [0.4, 0.5) is 0 Å². The number of amides is 2. The monoisotopic (exact) mass is 411 g/mol. The Morgan fingerprint density at radius 2 is 1.73 bits per heavy atom. The van der Waals surface area contributed by atoms with Crippen LogP contribution < -0.4 is 5.32 Å². The van der Waals surface area contributed by atoms with E-state index in [-0.39, 0.29) is 23.8 Å². The summed E-state index contributed by atoms with van der Waals surface area (Å²) in [5.41, 5.74) is 1.11. The van der Waals surface area contributed by atoms with Gasteiger partial charge in [-0.1, -0.05) is 30.3 Å². The van der Waals surface area contributed by atoms with Gasteiger partial charge in [0, 0.05) is 38.6 Å². The molecule has 2 aliphatic rings. The van der Waals surface area contributed by atoms with Crippen molar-refractivity contribution < 1.29 is 18.7 Å². The summed E-state index contributed by atoms with van der Waals surface area (Å²) in [4.78, 5) is 29.6. The van der Waals surface area contributed by atoms with Gasteiger partial charge in [-0.3, -0.25) is 14.5 Å². The number of nitrogens with one attached hydrogen (secondary N) is 1. The van der Waals surface area contributed by atoms with Crippen LogP contribution in [-0.4, -0.2) is 67.6 Å². The number of nitrogens with zero attached hydrogens (tertiary/aromatic N) is 2. The molecule has 0 radical (unpaired) electrons. The predicted octanol–water partition coefficient (Wildman–Crippen LogP) is 2.32. The molecule has 30 heavy (non-hydrogen) atoms. The van der Waals surface area contributed by atoms with Crippen molar-refractivity contribution in [2.75, 3.05) is 45.9 Å². The van der Waals surface area contributed by atoms with Crippen LogP contribution in [0.2, 0.25) is 0 Å². The van der Waals surface area contributed by atoms with Gasteiger partial charge < -0.3 is 19.4 Å². The summed E-state index contributed by atoms with van der Waals surface area (Å²) in [5.74, 6) is 0.240. The lowest BCUT2D eigenvalue weighted by Gasteiger charge is -2.34. The number of furan rings is 1. The first-order valence-electron chi connectivity index (χ1n) is 10.7. The van der Waals surface area contributed by atoms with E-state index in [1.54, 1.807) is 17.0 Å². The Morgan fingerprint density at radius 3 is 2.40 bits per heavy atom. The highest BCUT2D eigenvalue weighted by atomic mass is 16.5. The number of carbonyl (C=O) groups excluding carboxylic acids is 2. The molecule has 1 aromatic heterocycles. The van der Waals surface area contributed by atoms with E-state index in [4.69, 9.17) is 9.15 Å². The van der Waals surface area contributed by atoms with Crippen molar-refractivity contribution in [3.05, 3.63) is 60.1 Å². The van der Waals surface area contributed by atoms with E-state index in [2.05, 4.69) is 22.3 Å². The molecule has 2 amide bonds. The van der Waals surface area contributed by atoms with Crippen molar-refractivity contribution in [1.29, 1.82) is 0 Å². The molecule has 0 spiro atoms. The Hall–Kier alpha value is -2.64. The number of ether oxygens (including phenoxy) is 1. The number of likely N-dealkylation sites (tertiary alicyclic amines) is 1. The maximum atomic E-state index is 13.1. The first-order valence-corrected chi connectivity index (χ1v) is 10.7. The summed E-state index contributed by atoms with van der Waals surface area (Å²) >= 11 is 0. The van der Waals surface area contributed by atoms with Crippen LogP contribution in [0.3, 0.4) is 0 Å². The highest BCUT2D eigenvalue weighted by Crippen LogP contribution is 2.22. The number of hydrogen-bond donors (Lipinski definition) is 1. The van der Waals surface area contributed by atoms with Crippen LogP contribution in [0.5, 0.6) is 0 Å². The van der Waals surface area contributed by atoms with Gasteiger partial charge >= 0.3 is 0 Å². The fourth-order valence-electron chi connectivity index (χ4n) is 4.15. The van der Waals surface area contributed by atoms with Crippen LogP contribution in [0.25, 0.3) is 0 Å². The van der Waals surface area contributed by atoms with E-state index >= 15 is 0 Å². The summed E-state index contributed by atoms with van der Waals surface area (Å²) in [6.45, 7) is 5.14. The molecule has 1 atom stereocenters. The SMILES string of the molecule is O=C(NC(CN1CCOCC1)c1ccccc1)C1CCN(C(=O)c2ccco2)CC1. The van der Waals surface area contributed by atoms with Gasteiger partial charge in [-0.15, -0.1) is 0 Å². The zero-order valence-electron chi connectivity index (χ0n) is 17.2. The third kappa shape index (κ3) is 5.09. The highest BCUT2D eigenvalue weighted by Gasteiger charge is 2.30. The fraction of sp³-hybridized carbons (Fsp3) is 0.478. The van der Waals surface area contributed by atoms with Crippen LogP contribution in [0.1, 0.15) is 35.0 Å². The van der Waals surface area contributed by atoms with Crippen molar-refractivity contribution in [3.8, 4) is 0 Å². The van der Waals surface area contributed by atoms with Crippen molar-refractivity contribution in [3.63, 3.8) is 0 Å². The highest BCUT2D eigenvalue weighted by molar-refractivity contribution is 5.91. The van der Waals surface area contributed by atoms with Gasteiger partial charge in [0.05, 0.1) is 25.5 Å². The number of benzene rings is 1. The van der Waals surface area contributed by atoms with Gasteiger partial charge in [-0.2, -0.15) is 0 Å². The molecule has 2 fully saturated rings. The lowest BCUT2D eigenvalue weighted by molar-refractivity contribution is -0.127. The molecule has 0 bridgehead atoms. The van der Waals surface area contributed by atoms with Crippen molar-refractivity contribution in [2.24, 2.45) is 5.92 Å². The van der Waals surface area contributed by atoms with Gasteiger partial charge in [-0.05, 0) is 30.5 Å². The largest absolute Gasteiger partial charge is 0.459 e. The minimum absolute atomic E-state index is 0.0559. The van der Waals surface area contributed by atoms with Gasteiger partial charge in [0.25, 0.3) is 5.91 Å². The zero-order chi connectivity index (χ0) is 20.8. The van der Waals surface area contributed by atoms with Gasteiger partial charge in [0.15, 0.2) is 5.76 Å². The molecular formula is C23H29N3O4. The van der Waals surface area contributed by atoms with Crippen molar-refractivity contribution in [2.45, 2.75) is 18.9 Å². The second kappa shape index (κ2) is 9.91. The molecule has 1 unspecified atom stereocenters. The zero-order valence-corrected chi connectivity index (χ0v) is 17.2. The molecule has 4 rings (SSSR count). The van der Waals surface area contributed by atoms with Crippen molar-refractivity contribution in [1.82, 2.24) is 15.1 Å². The van der Waals surface area contributed by atoms with E-state index in [1.807, 2.05) is 18.2 Å². The Kier molecular flexibility index (Phi) is 6.81. The Balaban J connectivity index is 1.35. The Labute approximate surface area is 177 Å².